The zero-order chi connectivity index (χ0) is 39.0. The minimum absolute atomic E-state index is 0. The third kappa shape index (κ3) is 39.3. The summed E-state index contributed by atoms with van der Waals surface area (Å²) >= 11 is 0.125. The number of unbranched alkanes of at least 4 members (excludes halogenated alkanes) is 4. The van der Waals surface area contributed by atoms with E-state index in [0.29, 0.717) is 52.1 Å². The SMILES string of the molecule is CC.CC.CC(C)(CCCCOCCCCC(C)(C)C(=O)O)C(=O)O.CC(C)(CCCCOCCCCC(C)(C)C(=O)O)C(=O)[O-].O.[Ca+2].[O]=[Ca]. The van der Waals surface area contributed by atoms with Gasteiger partial charge in [-0.3, -0.25) is 14.4 Å². The van der Waals surface area contributed by atoms with Gasteiger partial charge in [0.15, 0.2) is 0 Å². The van der Waals surface area contributed by atoms with Gasteiger partial charge in [-0.25, -0.2) is 0 Å². The van der Waals surface area contributed by atoms with Gasteiger partial charge in [-0.2, -0.15) is 0 Å². The molecule has 0 saturated carbocycles. The van der Waals surface area contributed by atoms with Crippen LogP contribution in [0.2, 0.25) is 0 Å². The van der Waals surface area contributed by atoms with E-state index in [2.05, 4.69) is 0 Å². The van der Waals surface area contributed by atoms with Crippen LogP contribution >= 0.6 is 0 Å². The third-order valence-electron chi connectivity index (χ3n) is 7.65. The Morgan fingerprint density at radius 3 is 0.820 bits per heavy atom. The minimum atomic E-state index is -1.01. The molecular weight excluding hydrogens is 705 g/mol. The van der Waals surface area contributed by atoms with Crippen LogP contribution in [0.25, 0.3) is 0 Å². The zero-order valence-corrected chi connectivity index (χ0v) is 38.3. The van der Waals surface area contributed by atoms with E-state index < -0.39 is 45.5 Å². The first kappa shape index (κ1) is 65.0. The normalized spacial score (nSPS) is 10.8. The van der Waals surface area contributed by atoms with Crippen LogP contribution in [0.5, 0.6) is 0 Å². The van der Waals surface area contributed by atoms with Gasteiger partial charge in [0.25, 0.3) is 0 Å². The number of hydrogen-bond acceptors (Lipinski definition) is 8. The summed E-state index contributed by atoms with van der Waals surface area (Å²) in [6.45, 7) is 24.3. The van der Waals surface area contributed by atoms with E-state index in [9.17, 15) is 24.3 Å². The molecule has 0 aliphatic rings. The molecule has 0 radical (unpaired) electrons. The van der Waals surface area contributed by atoms with Gasteiger partial charge in [0.2, 0.25) is 0 Å². The summed E-state index contributed by atoms with van der Waals surface area (Å²) < 4.78 is 19.3. The van der Waals surface area contributed by atoms with E-state index in [1.807, 2.05) is 27.7 Å². The molecule has 0 amide bonds. The van der Waals surface area contributed by atoms with Crippen molar-refractivity contribution in [2.75, 3.05) is 26.4 Å². The Balaban J connectivity index is -0.000000124. The third-order valence-corrected chi connectivity index (χ3v) is 7.65. The van der Waals surface area contributed by atoms with E-state index in [1.54, 1.807) is 55.4 Å². The predicted octanol–water partition coefficient (Wildman–Crippen LogP) is 6.14. The molecule has 0 aliphatic heterocycles. The summed E-state index contributed by atoms with van der Waals surface area (Å²) in [4.78, 5) is 43.5. The van der Waals surface area contributed by atoms with Crippen LogP contribution in [0.15, 0.2) is 0 Å². The van der Waals surface area contributed by atoms with Gasteiger partial charge >= 0.3 is 93.0 Å². The number of carbonyl (C=O) groups excluding carboxylic acids is 1. The summed E-state index contributed by atoms with van der Waals surface area (Å²) in [5.74, 6) is -3.29. The van der Waals surface area contributed by atoms with Crippen molar-refractivity contribution in [3.8, 4) is 0 Å². The van der Waals surface area contributed by atoms with Crippen molar-refractivity contribution in [3.05, 3.63) is 0 Å². The van der Waals surface area contributed by atoms with Crippen molar-refractivity contribution < 1.29 is 56.0 Å². The molecule has 292 valence electrons. The molecular formula is C36H73Ca2O12+. The average molecular weight is 778 g/mol. The number of aliphatic carboxylic acids is 4. The second-order valence-corrected chi connectivity index (χ2v) is 13.8. The van der Waals surface area contributed by atoms with Crippen LogP contribution < -0.4 is 5.11 Å². The first-order chi connectivity index (χ1) is 22.2. The topological polar surface area (TPSA) is 219 Å². The van der Waals surface area contributed by atoms with Crippen LogP contribution in [0.4, 0.5) is 0 Å². The molecule has 5 N–H and O–H groups in total. The summed E-state index contributed by atoms with van der Waals surface area (Å²) in [5.41, 5.74) is -2.77. The summed E-state index contributed by atoms with van der Waals surface area (Å²) in [5, 5.41) is 37.7. The molecule has 0 fully saturated rings. The van der Waals surface area contributed by atoms with E-state index in [0.717, 1.165) is 51.4 Å². The fourth-order valence-corrected chi connectivity index (χ4v) is 3.71. The molecule has 0 heterocycles. The average Bonchev–Trinajstić information content (AvgIpc) is 3.02. The van der Waals surface area contributed by atoms with E-state index in [4.69, 9.17) is 26.2 Å². The first-order valence-electron chi connectivity index (χ1n) is 17.5. The van der Waals surface area contributed by atoms with Crippen LogP contribution in [0.1, 0.15) is 160 Å². The standard InChI is InChI=1S/2C16H30O5.2C2H6.2Ca.H2O.O/c2*1-15(2,13(17)18)9-5-7-11-21-12-8-6-10-16(3,4)14(19)20;2*1-2;;;;/h2*5-12H2,1-4H3,(H,17,18)(H,19,20);2*1-2H3;;;1H2;/q;;;;;+2;;/p-1. The van der Waals surface area contributed by atoms with Crippen molar-refractivity contribution in [1.29, 1.82) is 0 Å². The quantitative estimate of drug-likeness (QED) is 0.0746. The van der Waals surface area contributed by atoms with Crippen molar-refractivity contribution >= 4 is 97.5 Å². The van der Waals surface area contributed by atoms with Crippen LogP contribution in [0, 0.1) is 21.7 Å². The zero-order valence-electron chi connectivity index (χ0n) is 33.8. The molecule has 0 aromatic heterocycles. The molecule has 0 spiro atoms. The van der Waals surface area contributed by atoms with Crippen molar-refractivity contribution in [2.24, 2.45) is 21.7 Å². The molecule has 0 aromatic rings. The molecule has 12 nitrogen and oxygen atoms in total. The Morgan fingerprint density at radius 1 is 0.480 bits per heavy atom. The number of ether oxygens (including phenoxy) is 2. The maximum atomic E-state index is 10.9. The maximum absolute atomic E-state index is 10.9. The van der Waals surface area contributed by atoms with Gasteiger partial charge in [-0.05, 0) is 92.9 Å². The monoisotopic (exact) mass is 777 g/mol. The molecule has 0 aromatic carbocycles. The Hall–Kier alpha value is 0.0795. The molecule has 0 bridgehead atoms. The van der Waals surface area contributed by atoms with Crippen molar-refractivity contribution in [1.82, 2.24) is 0 Å². The van der Waals surface area contributed by atoms with Crippen LogP contribution in [-0.4, -0.2) is 145 Å². The molecule has 0 unspecified atom stereocenters. The summed E-state index contributed by atoms with van der Waals surface area (Å²) in [7, 11) is 0. The molecule has 50 heavy (non-hydrogen) atoms. The fraction of sp³-hybridized carbons (Fsp3) is 0.889. The Bertz CT molecular complexity index is 702. The Morgan fingerprint density at radius 2 is 0.660 bits per heavy atom. The molecule has 0 rings (SSSR count). The van der Waals surface area contributed by atoms with Gasteiger partial charge < -0.3 is 40.2 Å². The van der Waals surface area contributed by atoms with Gasteiger partial charge in [0.05, 0.1) is 16.2 Å². The van der Waals surface area contributed by atoms with Gasteiger partial charge in [0, 0.05) is 37.8 Å². The molecule has 0 saturated heterocycles. The Kier molecular flexibility index (Phi) is 50.4. The molecule has 14 heteroatoms. The number of carboxylic acids is 4. The predicted molar refractivity (Wildman–Crippen MR) is 199 cm³/mol. The fourth-order valence-electron chi connectivity index (χ4n) is 3.71. The van der Waals surface area contributed by atoms with Crippen molar-refractivity contribution in [3.63, 3.8) is 0 Å². The Labute approximate surface area is 358 Å². The van der Waals surface area contributed by atoms with Gasteiger partial charge in [-0.15, -0.1) is 0 Å². The van der Waals surface area contributed by atoms with E-state index in [1.165, 1.54) is 0 Å². The summed E-state index contributed by atoms with van der Waals surface area (Å²) in [6.07, 6.45) is 9.24. The second-order valence-electron chi connectivity index (χ2n) is 13.8. The number of hydrogen-bond donors (Lipinski definition) is 3. The van der Waals surface area contributed by atoms with Crippen molar-refractivity contribution in [2.45, 2.75) is 160 Å². The number of carboxylic acid groups (broad SMARTS) is 4. The molecule has 0 aliphatic carbocycles. The van der Waals surface area contributed by atoms with Crippen LogP contribution in [0.3, 0.4) is 0 Å². The first-order valence-corrected chi connectivity index (χ1v) is 18.5. The summed E-state index contributed by atoms with van der Waals surface area (Å²) in [6, 6.07) is 0. The van der Waals surface area contributed by atoms with E-state index in [-0.39, 0.29) is 79.1 Å². The van der Waals surface area contributed by atoms with Gasteiger partial charge in [-0.1, -0.05) is 67.2 Å². The van der Waals surface area contributed by atoms with Crippen LogP contribution in [-0.2, 0) is 30.1 Å². The van der Waals surface area contributed by atoms with E-state index >= 15 is 0 Å². The second kappa shape index (κ2) is 38.8. The molecule has 0 atom stereocenters. The van der Waals surface area contributed by atoms with Gasteiger partial charge in [0.1, 0.15) is 0 Å². The number of carbonyl (C=O) groups is 4. The number of rotatable bonds is 24.